The zero-order chi connectivity index (χ0) is 69.8. The molecule has 10 rings (SSSR count). The molecule has 8 aromatic rings. The second kappa shape index (κ2) is 35.2. The first-order valence-electron chi connectivity index (χ1n) is 36.6. The number of benzene rings is 8. The van der Waals surface area contributed by atoms with Crippen molar-refractivity contribution < 1.29 is 35.9 Å². The van der Waals surface area contributed by atoms with Crippen LogP contribution in [-0.4, -0.2) is 150 Å². The lowest BCUT2D eigenvalue weighted by atomic mass is 10.1. The van der Waals surface area contributed by atoms with Crippen molar-refractivity contribution >= 4 is 55.2 Å². The fourth-order valence-electron chi connectivity index (χ4n) is 13.9. The molecule has 2 heterocycles. The van der Waals surface area contributed by atoms with Gasteiger partial charge in [0.2, 0.25) is 0 Å². The van der Waals surface area contributed by atoms with Crippen molar-refractivity contribution in [3.8, 4) is 23.0 Å². The maximum Gasteiger partial charge on any atom is 1.07 e. The molecule has 0 spiro atoms. The second-order valence-corrected chi connectivity index (χ2v) is 31.0. The van der Waals surface area contributed by atoms with E-state index in [-0.39, 0.29) is 24.2 Å². The van der Waals surface area contributed by atoms with Crippen LogP contribution in [0, 0.1) is 0 Å². The van der Waals surface area contributed by atoms with Gasteiger partial charge in [-0.1, -0.05) is 121 Å². The lowest BCUT2D eigenvalue weighted by Gasteiger charge is -2.37. The standard InChI is InChI=1S/2C42H54N4O2.2Al.O/c2*1-7-45(8-2,29-35-17-13-11-14-18-35)31-37-21-23-41(47)39(25-37)27-43-33(5)34(6)44-28-40-26-38(22-24-42(40)48)32-46(9-3,10-4)30-36-19-15-12-16-20-36;;;/h2*11-28,33-34H,7-10,29-32H2,1-6H3;;;/q;;2*+2;/t2*33-,34-;;;/m11.../s1. The summed E-state index contributed by atoms with van der Waals surface area (Å²) in [6.07, 6.45) is 7.87. The quantitative estimate of drug-likeness (QED) is 0.0398. The molecule has 0 saturated carbocycles. The average Bonchev–Trinajstić information content (AvgIpc) is 1.61. The molecule has 0 saturated heterocycles. The number of rotatable bonds is 26. The molecular weight excluding hydrogens is 1250 g/mol. The van der Waals surface area contributed by atoms with Crippen LogP contribution in [0.3, 0.4) is 0 Å². The van der Waals surface area contributed by atoms with E-state index >= 15 is 0 Å². The molecule has 0 N–H and O–H groups in total. The van der Waals surface area contributed by atoms with Crippen molar-refractivity contribution in [1.29, 1.82) is 0 Å². The Kier molecular flexibility index (Phi) is 26.4. The molecule has 8 aromatic carbocycles. The first-order chi connectivity index (χ1) is 48.0. The minimum absolute atomic E-state index is 0.162. The topological polar surface area (TPSA) is 95.6 Å². The number of quaternary nitrogens is 4. The van der Waals surface area contributed by atoms with E-state index in [2.05, 4.69) is 277 Å². The Labute approximate surface area is 603 Å². The number of hydrogen-bond donors (Lipinski definition) is 0. The lowest BCUT2D eigenvalue weighted by Crippen LogP contribution is -2.47. The zero-order valence-corrected chi connectivity index (χ0v) is 63.5. The Bertz CT molecular complexity index is 3460. The van der Waals surface area contributed by atoms with Gasteiger partial charge in [0.25, 0.3) is 0 Å². The van der Waals surface area contributed by atoms with Crippen LogP contribution in [0.25, 0.3) is 0 Å². The largest absolute Gasteiger partial charge is 1.07 e. The molecule has 0 amide bonds. The summed E-state index contributed by atoms with van der Waals surface area (Å²) in [6, 6.07) is 68.9. The molecule has 4 atom stereocenters. The van der Waals surface area contributed by atoms with E-state index in [0.717, 1.165) is 145 Å². The highest BCUT2D eigenvalue weighted by Gasteiger charge is 2.54. The number of fused-ring (bicyclic) bond motifs is 4. The SMILES string of the molecule is CC[N+](CC)(Cc1ccccc1)Cc1ccc2c(c1)C=N[C@H](C)[C@@H](C)N=Cc1cc(C[N+](CC)(CC)Cc3ccccc3)ccc1[O][Al]([O][Al]1[O]c3ccc(C[N+](CC)(CC)Cc4ccccc4)cc3C=N[C@H](C)[C@@H](C)N=Cc3cc(C[N+](CC)(CC)Cc4ccccc4)ccc3[O]1)[O]2. The van der Waals surface area contributed by atoms with Crippen molar-refractivity contribution in [2.45, 2.75) is 160 Å². The van der Waals surface area contributed by atoms with E-state index in [9.17, 15) is 0 Å². The lowest BCUT2D eigenvalue weighted by molar-refractivity contribution is -0.950. The van der Waals surface area contributed by atoms with Crippen LogP contribution >= 0.6 is 0 Å². The number of hydrogen-bond acceptors (Lipinski definition) is 9. The van der Waals surface area contributed by atoms with Gasteiger partial charge in [0, 0.05) is 91.6 Å². The van der Waals surface area contributed by atoms with Crippen molar-refractivity contribution in [1.82, 2.24) is 0 Å². The summed E-state index contributed by atoms with van der Waals surface area (Å²) in [5.41, 5.74) is 13.3. The van der Waals surface area contributed by atoms with Crippen LogP contribution in [0.1, 0.15) is 150 Å². The van der Waals surface area contributed by atoms with Gasteiger partial charge in [-0.3, -0.25) is 20.0 Å². The minimum Gasteiger partial charge on any atom is -0.589 e. The molecule has 2 aliphatic heterocycles. The maximum atomic E-state index is 7.56. The van der Waals surface area contributed by atoms with Crippen LogP contribution < -0.4 is 15.2 Å². The van der Waals surface area contributed by atoms with Crippen molar-refractivity contribution in [3.63, 3.8) is 0 Å². The molecule has 0 fully saturated rings. The molecule has 15 heteroatoms. The third-order valence-corrected chi connectivity index (χ3v) is 25.0. The van der Waals surface area contributed by atoms with Gasteiger partial charge in [-0.15, -0.1) is 0 Å². The van der Waals surface area contributed by atoms with Gasteiger partial charge in [-0.05, 0) is 156 Å². The van der Waals surface area contributed by atoms with Crippen LogP contribution in [-0.2, 0) is 55.2 Å². The van der Waals surface area contributed by atoms with Gasteiger partial charge in [0.05, 0.1) is 99.5 Å². The van der Waals surface area contributed by atoms with Gasteiger partial charge in [0.15, 0.2) is 0 Å². The predicted molar refractivity (Wildman–Crippen MR) is 410 cm³/mol. The monoisotopic (exact) mass is 1360 g/mol. The van der Waals surface area contributed by atoms with Gasteiger partial charge < -0.3 is 35.9 Å². The average molecular weight is 1360 g/mol. The highest BCUT2D eigenvalue weighted by atomic mass is 27.3. The Morgan fingerprint density at radius 2 is 0.465 bits per heavy atom. The third kappa shape index (κ3) is 20.0. The highest BCUT2D eigenvalue weighted by molar-refractivity contribution is 6.54. The van der Waals surface area contributed by atoms with E-state index < -0.39 is 30.3 Å². The molecule has 0 aromatic heterocycles. The Morgan fingerprint density at radius 1 is 0.273 bits per heavy atom. The third-order valence-electron chi connectivity index (χ3n) is 21.5. The smallest absolute Gasteiger partial charge is 0.589 e. The Balaban J connectivity index is 1.10. The van der Waals surface area contributed by atoms with E-state index in [0.29, 0.717) is 23.0 Å². The Hall–Kier alpha value is -7.50. The molecule has 2 aliphatic rings. The summed E-state index contributed by atoms with van der Waals surface area (Å²) in [5.74, 6) is 2.40. The molecule has 99 heavy (non-hydrogen) atoms. The van der Waals surface area contributed by atoms with Gasteiger partial charge in [-0.25, -0.2) is 0 Å². The summed E-state index contributed by atoms with van der Waals surface area (Å²) in [6.45, 7) is 41.6. The van der Waals surface area contributed by atoms with Crippen LogP contribution in [0.15, 0.2) is 214 Å². The van der Waals surface area contributed by atoms with Crippen LogP contribution in [0.2, 0.25) is 0 Å². The number of aliphatic imine (C=N–C) groups is 4. The van der Waals surface area contributed by atoms with E-state index in [4.69, 9.17) is 38.0 Å². The second-order valence-electron chi connectivity index (χ2n) is 27.9. The molecule has 0 bridgehead atoms. The first kappa shape index (κ1) is 74.2. The normalized spacial score (nSPS) is 16.9. The van der Waals surface area contributed by atoms with Crippen molar-refractivity contribution in [2.75, 3.05) is 52.4 Å². The predicted octanol–water partition coefficient (Wildman–Crippen LogP) is 16.8. The highest BCUT2D eigenvalue weighted by Crippen LogP contribution is 2.33. The van der Waals surface area contributed by atoms with E-state index in [1.807, 2.05) is 24.9 Å². The summed E-state index contributed by atoms with van der Waals surface area (Å²) >= 11 is -7.01. The number of nitrogens with zero attached hydrogens (tertiary/aromatic N) is 8. The summed E-state index contributed by atoms with van der Waals surface area (Å²) < 4.78 is 40.8. The van der Waals surface area contributed by atoms with Crippen molar-refractivity contribution in [3.05, 3.63) is 261 Å². The Morgan fingerprint density at radius 3 is 0.657 bits per heavy atom. The summed E-state index contributed by atoms with van der Waals surface area (Å²) in [5, 5.41) is 0. The minimum atomic E-state index is -3.51. The summed E-state index contributed by atoms with van der Waals surface area (Å²) in [7, 11) is 0. The zero-order valence-electron chi connectivity index (χ0n) is 61.2. The van der Waals surface area contributed by atoms with Crippen LogP contribution in [0.4, 0.5) is 0 Å². The molecule has 13 nitrogen and oxygen atoms in total. The fourth-order valence-corrected chi connectivity index (χ4v) is 17.3. The molecule has 0 radical (unpaired) electrons. The van der Waals surface area contributed by atoms with Gasteiger partial charge in [-0.2, -0.15) is 0 Å². The molecule has 0 unspecified atom stereocenters. The van der Waals surface area contributed by atoms with Gasteiger partial charge >= 0.3 is 30.3 Å². The van der Waals surface area contributed by atoms with Crippen LogP contribution in [0.5, 0.6) is 23.0 Å². The molecular formula is C84H108Al2N8O5+4. The summed E-state index contributed by atoms with van der Waals surface area (Å²) in [4.78, 5) is 21.1. The fraction of sp³-hybridized carbons (Fsp3) is 0.381. The maximum absolute atomic E-state index is 7.56. The van der Waals surface area contributed by atoms with Crippen molar-refractivity contribution in [2.24, 2.45) is 20.0 Å². The first-order valence-corrected chi connectivity index (χ1v) is 39.4. The van der Waals surface area contributed by atoms with Gasteiger partial charge in [0.1, 0.15) is 52.4 Å². The molecule has 0 aliphatic carbocycles. The van der Waals surface area contributed by atoms with E-state index in [1.165, 1.54) is 44.5 Å². The van der Waals surface area contributed by atoms with E-state index in [1.54, 1.807) is 0 Å². The molecule has 516 valence electrons.